The maximum absolute atomic E-state index is 5.99. The van der Waals surface area contributed by atoms with Crippen molar-refractivity contribution < 1.29 is 4.74 Å². The van der Waals surface area contributed by atoms with Gasteiger partial charge in [0, 0.05) is 24.3 Å². The number of methoxy groups -OCH3 is 1. The molecule has 84 valence electrons. The molecule has 0 amide bonds. The van der Waals surface area contributed by atoms with Crippen LogP contribution in [0.3, 0.4) is 0 Å². The summed E-state index contributed by atoms with van der Waals surface area (Å²) in [6, 6.07) is 10.2. The molecule has 0 aliphatic heterocycles. The highest BCUT2D eigenvalue weighted by Crippen LogP contribution is 2.27. The third-order valence-corrected chi connectivity index (χ3v) is 3.57. The second kappa shape index (κ2) is 6.37. The van der Waals surface area contributed by atoms with Crippen LogP contribution in [-0.2, 0) is 11.2 Å². The van der Waals surface area contributed by atoms with E-state index < -0.39 is 0 Å². The van der Waals surface area contributed by atoms with Crippen molar-refractivity contribution in [2.75, 3.05) is 25.5 Å². The molecule has 0 spiro atoms. The van der Waals surface area contributed by atoms with Crippen molar-refractivity contribution in [3.8, 4) is 0 Å². The van der Waals surface area contributed by atoms with Crippen molar-refractivity contribution >= 4 is 23.2 Å². The first-order valence-corrected chi connectivity index (χ1v) is 5.98. The Labute approximate surface area is 101 Å². The first-order chi connectivity index (χ1) is 7.26. The largest absolute Gasteiger partial charge is 0.384 e. The number of benzene rings is 1. The summed E-state index contributed by atoms with van der Waals surface area (Å²) < 4.78 is 5.19. The number of halogens is 2. The highest BCUT2D eigenvalue weighted by Gasteiger charge is 2.28. The molecule has 1 nitrogen and oxygen atoms in total. The number of rotatable bonds is 6. The van der Waals surface area contributed by atoms with Gasteiger partial charge in [-0.1, -0.05) is 30.3 Å². The first-order valence-electron chi connectivity index (χ1n) is 4.91. The molecule has 1 rings (SSSR count). The molecule has 0 aliphatic carbocycles. The van der Waals surface area contributed by atoms with E-state index in [4.69, 9.17) is 27.9 Å². The van der Waals surface area contributed by atoms with Crippen LogP contribution in [0.2, 0.25) is 0 Å². The Morgan fingerprint density at radius 1 is 1.13 bits per heavy atom. The van der Waals surface area contributed by atoms with Crippen LogP contribution in [0.1, 0.15) is 5.56 Å². The van der Waals surface area contributed by atoms with Crippen LogP contribution in [0.5, 0.6) is 0 Å². The SMILES string of the molecule is COCC(CCl)(CCl)Cc1ccccc1. The fourth-order valence-corrected chi connectivity index (χ4v) is 2.22. The zero-order chi connectivity index (χ0) is 11.1. The maximum Gasteiger partial charge on any atom is 0.0544 e. The van der Waals surface area contributed by atoms with Crippen LogP contribution in [0.15, 0.2) is 30.3 Å². The Morgan fingerprint density at radius 2 is 1.73 bits per heavy atom. The monoisotopic (exact) mass is 246 g/mol. The lowest BCUT2D eigenvalue weighted by Gasteiger charge is -2.28. The van der Waals surface area contributed by atoms with Gasteiger partial charge >= 0.3 is 0 Å². The lowest BCUT2D eigenvalue weighted by molar-refractivity contribution is 0.109. The van der Waals surface area contributed by atoms with Gasteiger partial charge in [0.15, 0.2) is 0 Å². The van der Waals surface area contributed by atoms with Crippen molar-refractivity contribution in [3.05, 3.63) is 35.9 Å². The molecular weight excluding hydrogens is 231 g/mol. The van der Waals surface area contributed by atoms with E-state index in [1.807, 2.05) is 18.2 Å². The van der Waals surface area contributed by atoms with E-state index in [2.05, 4.69) is 12.1 Å². The molecule has 0 atom stereocenters. The standard InChI is InChI=1S/C12H16Cl2O/c1-15-10-12(8-13,9-14)7-11-5-3-2-4-6-11/h2-6H,7-10H2,1H3. The van der Waals surface area contributed by atoms with Gasteiger partial charge in [-0.2, -0.15) is 0 Å². The minimum atomic E-state index is -0.154. The average molecular weight is 247 g/mol. The lowest BCUT2D eigenvalue weighted by Crippen LogP contribution is -2.33. The molecule has 0 saturated carbocycles. The smallest absolute Gasteiger partial charge is 0.0544 e. The van der Waals surface area contributed by atoms with Crippen molar-refractivity contribution in [2.24, 2.45) is 5.41 Å². The zero-order valence-corrected chi connectivity index (χ0v) is 10.4. The molecule has 0 bridgehead atoms. The summed E-state index contributed by atoms with van der Waals surface area (Å²) in [6.45, 7) is 0.592. The fourth-order valence-electron chi connectivity index (χ4n) is 1.59. The predicted octanol–water partition coefficient (Wildman–Crippen LogP) is 3.34. The van der Waals surface area contributed by atoms with Gasteiger partial charge in [0.05, 0.1) is 6.61 Å². The minimum Gasteiger partial charge on any atom is -0.384 e. The second-order valence-electron chi connectivity index (χ2n) is 3.86. The van der Waals surface area contributed by atoms with Gasteiger partial charge in [-0.05, 0) is 12.0 Å². The Hall–Kier alpha value is -0.240. The maximum atomic E-state index is 5.99. The normalized spacial score (nSPS) is 11.7. The molecule has 3 heteroatoms. The molecule has 0 aromatic heterocycles. The van der Waals surface area contributed by atoms with E-state index in [1.165, 1.54) is 5.56 Å². The lowest BCUT2D eigenvalue weighted by atomic mass is 9.86. The minimum absolute atomic E-state index is 0.154. The Morgan fingerprint density at radius 3 is 2.20 bits per heavy atom. The Bertz CT molecular complexity index is 270. The summed E-state index contributed by atoms with van der Waals surface area (Å²) in [5.41, 5.74) is 1.09. The summed E-state index contributed by atoms with van der Waals surface area (Å²) in [6.07, 6.45) is 0.856. The number of ether oxygens (including phenoxy) is 1. The summed E-state index contributed by atoms with van der Waals surface area (Å²) in [7, 11) is 1.68. The van der Waals surface area contributed by atoms with Crippen LogP contribution >= 0.6 is 23.2 Å². The van der Waals surface area contributed by atoms with Crippen LogP contribution in [-0.4, -0.2) is 25.5 Å². The Kier molecular flexibility index (Phi) is 5.44. The van der Waals surface area contributed by atoms with Crippen LogP contribution in [0.25, 0.3) is 0 Å². The third-order valence-electron chi connectivity index (χ3n) is 2.44. The first kappa shape index (κ1) is 12.8. The van der Waals surface area contributed by atoms with E-state index in [9.17, 15) is 0 Å². The van der Waals surface area contributed by atoms with Crippen molar-refractivity contribution in [2.45, 2.75) is 6.42 Å². The van der Waals surface area contributed by atoms with Crippen LogP contribution in [0, 0.1) is 5.41 Å². The van der Waals surface area contributed by atoms with Crippen LogP contribution < -0.4 is 0 Å². The molecule has 0 unspecified atom stereocenters. The quantitative estimate of drug-likeness (QED) is 0.700. The molecule has 0 N–H and O–H groups in total. The molecule has 0 aliphatic rings. The predicted molar refractivity (Wildman–Crippen MR) is 65.9 cm³/mol. The molecule has 0 fully saturated rings. The molecule has 0 heterocycles. The third kappa shape index (κ3) is 3.67. The second-order valence-corrected chi connectivity index (χ2v) is 4.40. The van der Waals surface area contributed by atoms with E-state index in [0.717, 1.165) is 6.42 Å². The average Bonchev–Trinajstić information content (AvgIpc) is 2.30. The topological polar surface area (TPSA) is 9.23 Å². The zero-order valence-electron chi connectivity index (χ0n) is 8.88. The van der Waals surface area contributed by atoms with E-state index in [-0.39, 0.29) is 5.41 Å². The summed E-state index contributed by atoms with van der Waals surface area (Å²) in [4.78, 5) is 0. The number of alkyl halides is 2. The van der Waals surface area contributed by atoms with Gasteiger partial charge in [-0.15, -0.1) is 23.2 Å². The molecule has 1 aromatic carbocycles. The van der Waals surface area contributed by atoms with Crippen molar-refractivity contribution in [3.63, 3.8) is 0 Å². The summed E-state index contributed by atoms with van der Waals surface area (Å²) in [5, 5.41) is 0. The molecule has 15 heavy (non-hydrogen) atoms. The van der Waals surface area contributed by atoms with Gasteiger partial charge in [-0.25, -0.2) is 0 Å². The van der Waals surface area contributed by atoms with E-state index in [0.29, 0.717) is 18.4 Å². The van der Waals surface area contributed by atoms with Crippen molar-refractivity contribution in [1.29, 1.82) is 0 Å². The number of hydrogen-bond donors (Lipinski definition) is 0. The summed E-state index contributed by atoms with van der Waals surface area (Å²) >= 11 is 12.0. The molecular formula is C12H16Cl2O. The molecule has 0 saturated heterocycles. The van der Waals surface area contributed by atoms with Gasteiger partial charge in [-0.3, -0.25) is 0 Å². The van der Waals surface area contributed by atoms with Crippen LogP contribution in [0.4, 0.5) is 0 Å². The van der Waals surface area contributed by atoms with Gasteiger partial charge in [0.2, 0.25) is 0 Å². The Balaban J connectivity index is 2.74. The number of hydrogen-bond acceptors (Lipinski definition) is 1. The highest BCUT2D eigenvalue weighted by molar-refractivity contribution is 6.21. The van der Waals surface area contributed by atoms with Gasteiger partial charge < -0.3 is 4.74 Å². The van der Waals surface area contributed by atoms with E-state index in [1.54, 1.807) is 7.11 Å². The summed E-state index contributed by atoms with van der Waals surface area (Å²) in [5.74, 6) is 1.03. The van der Waals surface area contributed by atoms with Crippen molar-refractivity contribution in [1.82, 2.24) is 0 Å². The fraction of sp³-hybridized carbons (Fsp3) is 0.500. The molecule has 0 radical (unpaired) electrons. The highest BCUT2D eigenvalue weighted by atomic mass is 35.5. The van der Waals surface area contributed by atoms with Gasteiger partial charge in [0.1, 0.15) is 0 Å². The van der Waals surface area contributed by atoms with Gasteiger partial charge in [0.25, 0.3) is 0 Å². The molecule has 1 aromatic rings. The van der Waals surface area contributed by atoms with E-state index >= 15 is 0 Å².